The van der Waals surface area contributed by atoms with Gasteiger partial charge in [-0.25, -0.2) is 4.79 Å². The van der Waals surface area contributed by atoms with E-state index in [1.165, 1.54) is 18.5 Å². The molecule has 14 heavy (non-hydrogen) atoms. The molecule has 0 aliphatic rings. The summed E-state index contributed by atoms with van der Waals surface area (Å²) in [6.45, 7) is 3.47. The van der Waals surface area contributed by atoms with Gasteiger partial charge in [-0.15, -0.1) is 0 Å². The largest absolute Gasteiger partial charge is 0.478 e. The number of pyridine rings is 1. The van der Waals surface area contributed by atoms with Crippen molar-refractivity contribution in [2.75, 3.05) is 6.61 Å². The number of aliphatic hydroxyl groups is 1. The number of nitrogens with zero attached hydrogens (tertiary/aromatic N) is 1. The first-order chi connectivity index (χ1) is 6.70. The molecule has 0 unspecified atom stereocenters. The Balaban J connectivity index is 3.27. The molecular formula is C10H11NO3. The van der Waals surface area contributed by atoms with Crippen LogP contribution in [0.3, 0.4) is 0 Å². The molecule has 0 bridgehead atoms. The molecule has 0 fully saturated rings. The Morgan fingerprint density at radius 1 is 1.57 bits per heavy atom. The maximum absolute atomic E-state index is 10.8. The van der Waals surface area contributed by atoms with Crippen LogP contribution in [0.2, 0.25) is 0 Å². The molecule has 0 aliphatic heterocycles. The van der Waals surface area contributed by atoms with E-state index >= 15 is 0 Å². The van der Waals surface area contributed by atoms with E-state index < -0.39 is 5.97 Å². The van der Waals surface area contributed by atoms with Gasteiger partial charge >= 0.3 is 5.97 Å². The lowest BCUT2D eigenvalue weighted by molar-refractivity contribution is 0.0695. The highest BCUT2D eigenvalue weighted by molar-refractivity contribution is 5.90. The zero-order chi connectivity index (χ0) is 10.6. The first-order valence-electron chi connectivity index (χ1n) is 4.14. The number of aromatic carboxylic acids is 1. The molecule has 0 aromatic carbocycles. The van der Waals surface area contributed by atoms with Crippen molar-refractivity contribution < 1.29 is 15.0 Å². The number of rotatable bonds is 4. The van der Waals surface area contributed by atoms with Crippen molar-refractivity contribution in [2.24, 2.45) is 0 Å². The smallest absolute Gasteiger partial charge is 0.337 e. The quantitative estimate of drug-likeness (QED) is 0.747. The van der Waals surface area contributed by atoms with Crippen LogP contribution in [0.1, 0.15) is 21.5 Å². The van der Waals surface area contributed by atoms with E-state index in [0.29, 0.717) is 17.5 Å². The van der Waals surface area contributed by atoms with Crippen LogP contribution in [0.4, 0.5) is 0 Å². The third-order valence-electron chi connectivity index (χ3n) is 1.90. The van der Waals surface area contributed by atoms with Crippen molar-refractivity contribution in [3.63, 3.8) is 0 Å². The maximum atomic E-state index is 10.8. The van der Waals surface area contributed by atoms with Crippen molar-refractivity contribution in [1.82, 2.24) is 4.98 Å². The summed E-state index contributed by atoms with van der Waals surface area (Å²) in [7, 11) is 0. The van der Waals surface area contributed by atoms with Gasteiger partial charge in [0.2, 0.25) is 0 Å². The van der Waals surface area contributed by atoms with E-state index in [1.54, 1.807) is 0 Å². The summed E-state index contributed by atoms with van der Waals surface area (Å²) in [6.07, 6.45) is 4.64. The molecule has 1 aromatic rings. The Bertz CT molecular complexity index is 360. The zero-order valence-electron chi connectivity index (χ0n) is 7.60. The van der Waals surface area contributed by atoms with Crippen molar-refractivity contribution in [3.8, 4) is 0 Å². The minimum absolute atomic E-state index is 0.0921. The van der Waals surface area contributed by atoms with E-state index in [2.05, 4.69) is 11.6 Å². The standard InChI is InChI=1S/C10H11NO3/c1-2-7-5-11-6-9(10(13)14)8(7)3-4-12/h2,5-6,12H,1,3-4H2,(H,13,14). The number of aliphatic hydroxyl groups excluding tert-OH is 1. The summed E-state index contributed by atoms with van der Waals surface area (Å²) in [4.78, 5) is 14.6. The van der Waals surface area contributed by atoms with Gasteiger partial charge in [0.25, 0.3) is 0 Å². The summed E-state index contributed by atoms with van der Waals surface area (Å²) in [5.74, 6) is -1.04. The second-order valence-corrected chi connectivity index (χ2v) is 2.74. The highest BCUT2D eigenvalue weighted by atomic mass is 16.4. The SMILES string of the molecule is C=Cc1cncc(C(=O)O)c1CCO. The van der Waals surface area contributed by atoms with Gasteiger partial charge in [-0.2, -0.15) is 0 Å². The number of aromatic nitrogens is 1. The highest BCUT2D eigenvalue weighted by Crippen LogP contribution is 2.15. The second kappa shape index (κ2) is 4.53. The molecule has 2 N–H and O–H groups in total. The third-order valence-corrected chi connectivity index (χ3v) is 1.90. The molecule has 74 valence electrons. The Hall–Kier alpha value is -1.68. The molecular weight excluding hydrogens is 182 g/mol. The van der Waals surface area contributed by atoms with Gasteiger partial charge in [0.05, 0.1) is 5.56 Å². The van der Waals surface area contributed by atoms with Gasteiger partial charge in [-0.1, -0.05) is 12.7 Å². The Morgan fingerprint density at radius 3 is 2.79 bits per heavy atom. The van der Waals surface area contributed by atoms with Crippen LogP contribution in [-0.2, 0) is 6.42 Å². The van der Waals surface area contributed by atoms with E-state index in [-0.39, 0.29) is 12.2 Å². The van der Waals surface area contributed by atoms with Crippen molar-refractivity contribution in [1.29, 1.82) is 0 Å². The van der Waals surface area contributed by atoms with Gasteiger partial charge in [0.1, 0.15) is 0 Å². The molecule has 0 aliphatic carbocycles. The van der Waals surface area contributed by atoms with Crippen LogP contribution in [-0.4, -0.2) is 27.8 Å². The Morgan fingerprint density at radius 2 is 2.29 bits per heavy atom. The van der Waals surface area contributed by atoms with E-state index in [0.717, 1.165) is 0 Å². The fourth-order valence-corrected chi connectivity index (χ4v) is 1.25. The summed E-state index contributed by atoms with van der Waals surface area (Å²) >= 11 is 0. The van der Waals surface area contributed by atoms with E-state index in [1.807, 2.05) is 0 Å². The Kier molecular flexibility index (Phi) is 3.36. The predicted octanol–water partition coefficient (Wildman–Crippen LogP) is 0.958. The first-order valence-corrected chi connectivity index (χ1v) is 4.14. The van der Waals surface area contributed by atoms with E-state index in [4.69, 9.17) is 10.2 Å². The molecule has 4 heteroatoms. The lowest BCUT2D eigenvalue weighted by Gasteiger charge is -2.07. The van der Waals surface area contributed by atoms with Crippen molar-refractivity contribution >= 4 is 12.0 Å². The summed E-state index contributed by atoms with van der Waals surface area (Å²) in [5, 5.41) is 17.7. The number of carboxylic acids is 1. The molecule has 0 amide bonds. The number of carbonyl (C=O) groups is 1. The zero-order valence-corrected chi connectivity index (χ0v) is 7.60. The van der Waals surface area contributed by atoms with Crippen LogP contribution < -0.4 is 0 Å². The van der Waals surface area contributed by atoms with Crippen molar-refractivity contribution in [3.05, 3.63) is 35.7 Å². The normalized spacial score (nSPS) is 9.79. The predicted molar refractivity (Wildman–Crippen MR) is 52.1 cm³/mol. The Labute approximate surface area is 81.5 Å². The number of hydrogen-bond donors (Lipinski definition) is 2. The van der Waals surface area contributed by atoms with Gasteiger partial charge in [0.15, 0.2) is 0 Å². The minimum atomic E-state index is -1.04. The average molecular weight is 193 g/mol. The number of carboxylic acid groups (broad SMARTS) is 1. The van der Waals surface area contributed by atoms with Crippen LogP contribution in [0.5, 0.6) is 0 Å². The number of hydrogen-bond acceptors (Lipinski definition) is 3. The summed E-state index contributed by atoms with van der Waals surface area (Å²) < 4.78 is 0. The van der Waals surface area contributed by atoms with E-state index in [9.17, 15) is 4.79 Å². The molecule has 0 atom stereocenters. The molecule has 1 rings (SSSR count). The first kappa shape index (κ1) is 10.4. The lowest BCUT2D eigenvalue weighted by Crippen LogP contribution is -2.07. The van der Waals surface area contributed by atoms with Gasteiger partial charge < -0.3 is 10.2 Å². The summed E-state index contributed by atoms with van der Waals surface area (Å²) in [6, 6.07) is 0. The monoisotopic (exact) mass is 193 g/mol. The molecule has 0 saturated heterocycles. The second-order valence-electron chi connectivity index (χ2n) is 2.74. The maximum Gasteiger partial charge on any atom is 0.337 e. The fraction of sp³-hybridized carbons (Fsp3) is 0.200. The molecule has 0 saturated carbocycles. The van der Waals surface area contributed by atoms with Crippen LogP contribution in [0.25, 0.3) is 6.08 Å². The third kappa shape index (κ3) is 1.97. The molecule has 1 heterocycles. The average Bonchev–Trinajstić information content (AvgIpc) is 2.18. The van der Waals surface area contributed by atoms with Crippen molar-refractivity contribution in [2.45, 2.75) is 6.42 Å². The van der Waals surface area contributed by atoms with Crippen LogP contribution in [0, 0.1) is 0 Å². The van der Waals surface area contributed by atoms with Gasteiger partial charge in [-0.3, -0.25) is 4.98 Å². The van der Waals surface area contributed by atoms with Gasteiger partial charge in [0, 0.05) is 19.0 Å². The van der Waals surface area contributed by atoms with Gasteiger partial charge in [-0.05, 0) is 17.5 Å². The summed E-state index contributed by atoms with van der Waals surface area (Å²) in [5.41, 5.74) is 1.35. The molecule has 0 radical (unpaired) electrons. The highest BCUT2D eigenvalue weighted by Gasteiger charge is 2.12. The minimum Gasteiger partial charge on any atom is -0.478 e. The van der Waals surface area contributed by atoms with Crippen LogP contribution >= 0.6 is 0 Å². The molecule has 0 spiro atoms. The molecule has 1 aromatic heterocycles. The fourth-order valence-electron chi connectivity index (χ4n) is 1.25. The van der Waals surface area contributed by atoms with Crippen LogP contribution in [0.15, 0.2) is 19.0 Å². The topological polar surface area (TPSA) is 70.4 Å². The molecule has 4 nitrogen and oxygen atoms in total. The lowest BCUT2D eigenvalue weighted by atomic mass is 10.0.